The quantitative estimate of drug-likeness (QED) is 0.832. The third-order valence-electron chi connectivity index (χ3n) is 3.97. The maximum atomic E-state index is 6.06. The second kappa shape index (κ2) is 5.29. The van der Waals surface area contributed by atoms with Gasteiger partial charge in [0.15, 0.2) is 0 Å². The Balaban J connectivity index is 1.98. The average Bonchev–Trinajstić information content (AvgIpc) is 2.37. The second-order valence-corrected chi connectivity index (χ2v) is 5.72. The van der Waals surface area contributed by atoms with Crippen LogP contribution in [-0.4, -0.2) is 30.7 Å². The smallest absolute Gasteiger partial charge is 0.0634 e. The van der Waals surface area contributed by atoms with E-state index in [0.29, 0.717) is 0 Å². The number of anilines is 1. The average molecular weight is 248 g/mol. The van der Waals surface area contributed by atoms with Crippen molar-refractivity contribution in [2.75, 3.05) is 25.9 Å². The van der Waals surface area contributed by atoms with E-state index in [1.165, 1.54) is 11.1 Å². The fraction of sp³-hybridized carbons (Fsp3) is 0.600. The molecule has 0 aromatic heterocycles. The van der Waals surface area contributed by atoms with Crippen LogP contribution in [0.2, 0.25) is 0 Å². The van der Waals surface area contributed by atoms with Gasteiger partial charge in [0.2, 0.25) is 0 Å². The number of nitrogens with two attached hydrogens (primary N) is 1. The zero-order valence-electron chi connectivity index (χ0n) is 11.7. The van der Waals surface area contributed by atoms with Crippen LogP contribution in [-0.2, 0) is 17.7 Å². The molecule has 2 N–H and O–H groups in total. The fourth-order valence-corrected chi connectivity index (χ4v) is 2.38. The molecule has 0 saturated heterocycles. The lowest BCUT2D eigenvalue weighted by Gasteiger charge is -2.32. The zero-order chi connectivity index (χ0) is 13.2. The van der Waals surface area contributed by atoms with Crippen molar-refractivity contribution in [1.82, 2.24) is 4.90 Å². The molecule has 100 valence electrons. The summed E-state index contributed by atoms with van der Waals surface area (Å²) in [6, 6.07) is 6.25. The summed E-state index contributed by atoms with van der Waals surface area (Å²) >= 11 is 0. The summed E-state index contributed by atoms with van der Waals surface area (Å²) in [5.74, 6) is 0. The highest BCUT2D eigenvalue weighted by Gasteiger charge is 2.21. The molecule has 1 aliphatic rings. The molecule has 1 heterocycles. The molecule has 1 aromatic carbocycles. The maximum Gasteiger partial charge on any atom is 0.0634 e. The predicted molar refractivity (Wildman–Crippen MR) is 75.5 cm³/mol. The number of fused-ring (bicyclic) bond motifs is 1. The number of rotatable bonds is 4. The molecule has 0 atom stereocenters. The van der Waals surface area contributed by atoms with Gasteiger partial charge in [0.1, 0.15) is 0 Å². The number of nitrogens with zero attached hydrogens (tertiary/aromatic N) is 1. The molecule has 3 heteroatoms. The molecule has 0 spiro atoms. The van der Waals surface area contributed by atoms with E-state index in [4.69, 9.17) is 10.5 Å². The van der Waals surface area contributed by atoms with Crippen LogP contribution in [0.25, 0.3) is 0 Å². The first kappa shape index (κ1) is 13.4. The number of ether oxygens (including phenoxy) is 1. The molecule has 3 nitrogen and oxygen atoms in total. The molecular weight excluding hydrogens is 224 g/mol. The summed E-state index contributed by atoms with van der Waals surface area (Å²) in [7, 11) is 1.78. The summed E-state index contributed by atoms with van der Waals surface area (Å²) in [5.41, 5.74) is 9.69. The number of benzene rings is 1. The van der Waals surface area contributed by atoms with Gasteiger partial charge in [-0.15, -0.1) is 0 Å². The van der Waals surface area contributed by atoms with Crippen molar-refractivity contribution in [2.45, 2.75) is 38.8 Å². The van der Waals surface area contributed by atoms with Crippen molar-refractivity contribution >= 4 is 5.69 Å². The molecule has 2 rings (SSSR count). The monoisotopic (exact) mass is 248 g/mol. The van der Waals surface area contributed by atoms with Gasteiger partial charge in [0, 0.05) is 32.4 Å². The van der Waals surface area contributed by atoms with E-state index in [2.05, 4.69) is 30.9 Å². The first-order chi connectivity index (χ1) is 8.52. The molecule has 1 aliphatic heterocycles. The minimum Gasteiger partial charge on any atom is -0.398 e. The molecule has 1 aromatic rings. The van der Waals surface area contributed by atoms with Crippen molar-refractivity contribution in [3.63, 3.8) is 0 Å². The Kier molecular flexibility index (Phi) is 3.93. The van der Waals surface area contributed by atoms with E-state index in [9.17, 15) is 0 Å². The van der Waals surface area contributed by atoms with Crippen LogP contribution in [0.3, 0.4) is 0 Å². The van der Waals surface area contributed by atoms with Crippen molar-refractivity contribution in [3.05, 3.63) is 29.3 Å². The third-order valence-corrected chi connectivity index (χ3v) is 3.97. The Hall–Kier alpha value is -1.06. The van der Waals surface area contributed by atoms with Crippen LogP contribution in [0.5, 0.6) is 0 Å². The van der Waals surface area contributed by atoms with E-state index < -0.39 is 0 Å². The Morgan fingerprint density at radius 2 is 2.17 bits per heavy atom. The topological polar surface area (TPSA) is 38.5 Å². The normalized spacial score (nSPS) is 16.6. The van der Waals surface area contributed by atoms with E-state index in [0.717, 1.165) is 38.2 Å². The second-order valence-electron chi connectivity index (χ2n) is 5.72. The maximum absolute atomic E-state index is 6.06. The van der Waals surface area contributed by atoms with Gasteiger partial charge in [-0.1, -0.05) is 12.1 Å². The standard InChI is InChI=1S/C15H24N2O/c1-15(2,18-3)8-10-17-9-7-12-5-4-6-14(16)13(12)11-17/h4-6H,7-11,16H2,1-3H3. The lowest BCUT2D eigenvalue weighted by Crippen LogP contribution is -2.36. The molecule has 0 saturated carbocycles. The minimum absolute atomic E-state index is 0.0392. The van der Waals surface area contributed by atoms with Crippen LogP contribution in [0.15, 0.2) is 18.2 Å². The van der Waals surface area contributed by atoms with Gasteiger partial charge in [-0.25, -0.2) is 0 Å². The van der Waals surface area contributed by atoms with Gasteiger partial charge in [-0.2, -0.15) is 0 Å². The van der Waals surface area contributed by atoms with Crippen LogP contribution in [0.1, 0.15) is 31.4 Å². The molecule has 0 bridgehead atoms. The Bertz CT molecular complexity index is 415. The number of hydrogen-bond acceptors (Lipinski definition) is 3. The summed E-state index contributed by atoms with van der Waals surface area (Å²) in [5, 5.41) is 0. The first-order valence-electron chi connectivity index (χ1n) is 6.65. The zero-order valence-corrected chi connectivity index (χ0v) is 11.7. The Morgan fingerprint density at radius 1 is 1.39 bits per heavy atom. The molecule has 18 heavy (non-hydrogen) atoms. The van der Waals surface area contributed by atoms with Gasteiger partial charge in [0.05, 0.1) is 5.60 Å². The fourth-order valence-electron chi connectivity index (χ4n) is 2.38. The molecule has 0 fully saturated rings. The van der Waals surface area contributed by atoms with Gasteiger partial charge in [-0.3, -0.25) is 4.90 Å². The van der Waals surface area contributed by atoms with Crippen LogP contribution < -0.4 is 5.73 Å². The molecule has 0 amide bonds. The predicted octanol–water partition coefficient (Wildman–Crippen LogP) is 2.44. The highest BCUT2D eigenvalue weighted by Crippen LogP contribution is 2.25. The van der Waals surface area contributed by atoms with E-state index in [1.54, 1.807) is 7.11 Å². The van der Waals surface area contributed by atoms with Gasteiger partial charge >= 0.3 is 0 Å². The molecule has 0 unspecified atom stereocenters. The summed E-state index contributed by atoms with van der Waals surface area (Å²) in [6.07, 6.45) is 2.15. The van der Waals surface area contributed by atoms with Crippen molar-refractivity contribution in [2.24, 2.45) is 0 Å². The minimum atomic E-state index is -0.0392. The Labute approximate surface area is 110 Å². The van der Waals surface area contributed by atoms with Gasteiger partial charge in [0.25, 0.3) is 0 Å². The Morgan fingerprint density at radius 3 is 2.89 bits per heavy atom. The van der Waals surface area contributed by atoms with Crippen LogP contribution in [0, 0.1) is 0 Å². The largest absolute Gasteiger partial charge is 0.398 e. The summed E-state index contributed by atoms with van der Waals surface area (Å²) in [6.45, 7) is 7.44. The SMILES string of the molecule is COC(C)(C)CCN1CCc2cccc(N)c2C1. The van der Waals surface area contributed by atoms with Crippen molar-refractivity contribution in [3.8, 4) is 0 Å². The van der Waals surface area contributed by atoms with E-state index in [1.807, 2.05) is 6.07 Å². The first-order valence-corrected chi connectivity index (χ1v) is 6.65. The van der Waals surface area contributed by atoms with Gasteiger partial charge in [-0.05, 0) is 43.9 Å². The molecule has 0 radical (unpaired) electrons. The van der Waals surface area contributed by atoms with Crippen molar-refractivity contribution < 1.29 is 4.74 Å². The molecule has 0 aliphatic carbocycles. The summed E-state index contributed by atoms with van der Waals surface area (Å²) in [4.78, 5) is 2.47. The van der Waals surface area contributed by atoms with Crippen molar-refractivity contribution in [1.29, 1.82) is 0 Å². The lowest BCUT2D eigenvalue weighted by molar-refractivity contribution is 0.00643. The van der Waals surface area contributed by atoms with Gasteiger partial charge < -0.3 is 10.5 Å². The number of nitrogen functional groups attached to an aromatic ring is 1. The van der Waals surface area contributed by atoms with E-state index in [-0.39, 0.29) is 5.60 Å². The van der Waals surface area contributed by atoms with E-state index >= 15 is 0 Å². The highest BCUT2D eigenvalue weighted by molar-refractivity contribution is 5.51. The number of methoxy groups -OCH3 is 1. The molecular formula is C15H24N2O. The highest BCUT2D eigenvalue weighted by atomic mass is 16.5. The number of hydrogen-bond donors (Lipinski definition) is 1. The summed E-state index contributed by atoms with van der Waals surface area (Å²) < 4.78 is 5.47. The van der Waals surface area contributed by atoms with Crippen LogP contribution >= 0.6 is 0 Å². The third kappa shape index (κ3) is 3.03. The lowest BCUT2D eigenvalue weighted by atomic mass is 9.97. The van der Waals surface area contributed by atoms with Crippen LogP contribution in [0.4, 0.5) is 5.69 Å².